The molecule has 9 heavy (non-hydrogen) atoms. The van der Waals surface area contributed by atoms with Crippen LogP contribution >= 0.6 is 0 Å². The number of quaternary nitrogens is 1. The Hall–Kier alpha value is -0.120. The Bertz CT molecular complexity index is 79.1. The first-order valence-corrected chi connectivity index (χ1v) is 3.44. The molecule has 1 aliphatic rings. The monoisotopic (exact) mass is 132 g/mol. The largest absolute Gasteiger partial charge is 0.634 e. The molecule has 0 aromatic heterocycles. The fourth-order valence-corrected chi connectivity index (χ4v) is 1.16. The van der Waals surface area contributed by atoms with Crippen molar-refractivity contribution >= 4 is 0 Å². The number of rotatable bonds is 1. The quantitative estimate of drug-likeness (QED) is 0.349. The summed E-state index contributed by atoms with van der Waals surface area (Å²) in [5.41, 5.74) is 0. The molecule has 3 heteroatoms. The molecule has 54 valence electrons. The van der Waals surface area contributed by atoms with Crippen molar-refractivity contribution in [3.8, 4) is 0 Å². The molecule has 1 fully saturated rings. The molecule has 1 heterocycles. The van der Waals surface area contributed by atoms with E-state index in [9.17, 15) is 5.21 Å². The van der Waals surface area contributed by atoms with E-state index in [-0.39, 0.29) is 0 Å². The van der Waals surface area contributed by atoms with E-state index < -0.39 is 0 Å². The average Bonchev–Trinajstić information content (AvgIpc) is 1.90. The molecule has 0 spiro atoms. The number of nitrogens with one attached hydrogen (secondary N) is 1. The van der Waals surface area contributed by atoms with Crippen LogP contribution in [-0.4, -0.2) is 31.0 Å². The molecule has 1 unspecified atom stereocenters. The minimum Gasteiger partial charge on any atom is -0.634 e. The SMILES string of the molecule is C[NH+]([O-])C1CC[OH+]CC1. The van der Waals surface area contributed by atoms with Crippen molar-refractivity contribution in [3.05, 3.63) is 5.21 Å². The molecule has 2 N–H and O–H groups in total. The third-order valence-corrected chi connectivity index (χ3v) is 1.85. The van der Waals surface area contributed by atoms with Crippen LogP contribution in [0.4, 0.5) is 0 Å². The number of hydroxylamine groups is 2. The van der Waals surface area contributed by atoms with Gasteiger partial charge in [-0.1, -0.05) is 0 Å². The number of aliphatic hydroxyl groups is 2. The summed E-state index contributed by atoms with van der Waals surface area (Å²) >= 11 is 0. The molecule has 0 radical (unpaired) electrons. The first-order valence-electron chi connectivity index (χ1n) is 3.44. The zero-order valence-corrected chi connectivity index (χ0v) is 5.76. The Balaban J connectivity index is 2.23. The molecule has 0 aromatic carbocycles. The second kappa shape index (κ2) is 3.15. The van der Waals surface area contributed by atoms with Gasteiger partial charge in [0.15, 0.2) is 13.2 Å². The van der Waals surface area contributed by atoms with E-state index >= 15 is 0 Å². The van der Waals surface area contributed by atoms with E-state index in [4.69, 9.17) is 0 Å². The molecule has 1 rings (SSSR count). The van der Waals surface area contributed by atoms with Crippen molar-refractivity contribution in [2.75, 3.05) is 20.3 Å². The Morgan fingerprint density at radius 3 is 2.33 bits per heavy atom. The van der Waals surface area contributed by atoms with E-state index in [2.05, 4.69) is 4.74 Å². The molecule has 0 aromatic rings. The first kappa shape index (κ1) is 6.99. The van der Waals surface area contributed by atoms with E-state index in [1.54, 1.807) is 7.05 Å². The van der Waals surface area contributed by atoms with Crippen LogP contribution in [0.2, 0.25) is 0 Å². The maximum absolute atomic E-state index is 10.8. The second-order valence-corrected chi connectivity index (χ2v) is 2.56. The normalized spacial score (nSPS) is 26.0. The summed E-state index contributed by atoms with van der Waals surface area (Å²) in [6.45, 7) is 1.79. The summed E-state index contributed by atoms with van der Waals surface area (Å²) in [5.74, 6) is 0. The lowest BCUT2D eigenvalue weighted by atomic mass is 10.1. The molecular weight excluding hydrogens is 118 g/mol. The predicted molar refractivity (Wildman–Crippen MR) is 35.2 cm³/mol. The topological polar surface area (TPSA) is 40.3 Å². The van der Waals surface area contributed by atoms with Gasteiger partial charge >= 0.3 is 0 Å². The average molecular weight is 132 g/mol. The van der Waals surface area contributed by atoms with Gasteiger partial charge in [-0.2, -0.15) is 0 Å². The highest BCUT2D eigenvalue weighted by atomic mass is 16.5. The Kier molecular flexibility index (Phi) is 2.45. The van der Waals surface area contributed by atoms with E-state index in [1.807, 2.05) is 0 Å². The van der Waals surface area contributed by atoms with Gasteiger partial charge in [0.05, 0.1) is 19.9 Å². The molecule has 1 atom stereocenters. The summed E-state index contributed by atoms with van der Waals surface area (Å²) in [5, 5.41) is 11.1. The van der Waals surface area contributed by atoms with Crippen LogP contribution in [0, 0.1) is 5.21 Å². The number of hydrogen-bond acceptors (Lipinski definition) is 1. The van der Waals surface area contributed by atoms with Gasteiger partial charge in [0, 0.05) is 0 Å². The lowest BCUT2D eigenvalue weighted by molar-refractivity contribution is -0.857. The summed E-state index contributed by atoms with van der Waals surface area (Å²) in [7, 11) is 1.68. The summed E-state index contributed by atoms with van der Waals surface area (Å²) in [6.07, 6.45) is 1.96. The smallest absolute Gasteiger partial charge is 0.150 e. The molecule has 3 nitrogen and oxygen atoms in total. The van der Waals surface area contributed by atoms with Crippen LogP contribution < -0.4 is 5.06 Å². The molecule has 0 aliphatic carbocycles. The highest BCUT2D eigenvalue weighted by Gasteiger charge is 2.19. The number of ether oxygens (including phenoxy) is 1. The first-order chi connectivity index (χ1) is 4.30. The van der Waals surface area contributed by atoms with Crippen LogP contribution in [0.25, 0.3) is 0 Å². The standard InChI is InChI=1S/C6H13NO2/c1-7(8)6-2-4-9-5-3-6/h6-7H,2-5H2,1H3/p+1. The van der Waals surface area contributed by atoms with Crippen LogP contribution in [0.15, 0.2) is 0 Å². The highest BCUT2D eigenvalue weighted by Crippen LogP contribution is 1.99. The maximum atomic E-state index is 10.8. The van der Waals surface area contributed by atoms with Crippen LogP contribution in [0.5, 0.6) is 0 Å². The zero-order chi connectivity index (χ0) is 6.69. The van der Waals surface area contributed by atoms with Crippen molar-refractivity contribution in [3.63, 3.8) is 0 Å². The van der Waals surface area contributed by atoms with Gasteiger partial charge in [-0.25, -0.2) is 0 Å². The third-order valence-electron chi connectivity index (χ3n) is 1.85. The van der Waals surface area contributed by atoms with Gasteiger partial charge in [0.2, 0.25) is 0 Å². The van der Waals surface area contributed by atoms with Crippen molar-refractivity contribution in [2.24, 2.45) is 0 Å². The van der Waals surface area contributed by atoms with Crippen LogP contribution in [0.1, 0.15) is 12.8 Å². The summed E-state index contributed by atoms with van der Waals surface area (Å²) < 4.78 is 4.16. The van der Waals surface area contributed by atoms with Gasteiger partial charge in [-0.3, -0.25) is 0 Å². The zero-order valence-electron chi connectivity index (χ0n) is 5.76. The number of hydrogen-bond donors (Lipinski definition) is 1. The van der Waals surface area contributed by atoms with Gasteiger partial charge in [0.1, 0.15) is 6.04 Å². The Labute approximate surface area is 55.2 Å². The van der Waals surface area contributed by atoms with Crippen molar-refractivity contribution < 1.29 is 9.80 Å². The van der Waals surface area contributed by atoms with Crippen LogP contribution in [0.3, 0.4) is 0 Å². The molecule has 0 bridgehead atoms. The van der Waals surface area contributed by atoms with Crippen molar-refractivity contribution in [2.45, 2.75) is 18.9 Å². The van der Waals surface area contributed by atoms with Gasteiger partial charge in [-0.05, 0) is 0 Å². The summed E-state index contributed by atoms with van der Waals surface area (Å²) in [6, 6.07) is 0.322. The third kappa shape index (κ3) is 1.93. The lowest BCUT2D eigenvalue weighted by Crippen LogP contribution is -3.08. The Morgan fingerprint density at radius 2 is 2.00 bits per heavy atom. The summed E-state index contributed by atoms with van der Waals surface area (Å²) in [4.78, 5) is 0. The van der Waals surface area contributed by atoms with E-state index in [1.165, 1.54) is 0 Å². The molecule has 1 aliphatic heterocycles. The molecular formula is C6H14NO2+. The maximum Gasteiger partial charge on any atom is 0.150 e. The van der Waals surface area contributed by atoms with Gasteiger partial charge in [0.25, 0.3) is 0 Å². The van der Waals surface area contributed by atoms with Gasteiger partial charge < -0.3 is 15.0 Å². The predicted octanol–water partition coefficient (Wildman–Crippen LogP) is -1.31. The fourth-order valence-electron chi connectivity index (χ4n) is 1.16. The van der Waals surface area contributed by atoms with Gasteiger partial charge in [-0.15, -0.1) is 0 Å². The molecule has 1 saturated heterocycles. The van der Waals surface area contributed by atoms with Crippen LogP contribution in [-0.2, 0) is 0 Å². The van der Waals surface area contributed by atoms with Crippen molar-refractivity contribution in [1.82, 2.24) is 0 Å². The minimum absolute atomic E-state index is 0.322. The highest BCUT2D eigenvalue weighted by molar-refractivity contribution is 4.58. The minimum atomic E-state index is 0.322. The van der Waals surface area contributed by atoms with E-state index in [0.717, 1.165) is 26.1 Å². The lowest BCUT2D eigenvalue weighted by Gasteiger charge is -2.28. The van der Waals surface area contributed by atoms with Crippen molar-refractivity contribution in [1.29, 1.82) is 0 Å². The van der Waals surface area contributed by atoms with E-state index in [0.29, 0.717) is 11.1 Å². The Morgan fingerprint density at radius 1 is 1.44 bits per heavy atom. The fraction of sp³-hybridized carbons (Fsp3) is 1.00. The molecule has 0 saturated carbocycles. The molecule has 0 amide bonds. The second-order valence-electron chi connectivity index (χ2n) is 2.56.